The van der Waals surface area contributed by atoms with E-state index < -0.39 is 0 Å². The number of piperidine rings is 1. The van der Waals surface area contributed by atoms with E-state index in [2.05, 4.69) is 5.32 Å². The number of hydrogen-bond acceptors (Lipinski definition) is 3. The van der Waals surface area contributed by atoms with E-state index in [9.17, 15) is 9.59 Å². The van der Waals surface area contributed by atoms with Gasteiger partial charge in [0, 0.05) is 31.2 Å². The zero-order valence-corrected chi connectivity index (χ0v) is 11.3. The molecule has 3 rings (SSSR count). The summed E-state index contributed by atoms with van der Waals surface area (Å²) < 4.78 is 0. The van der Waals surface area contributed by atoms with Crippen molar-refractivity contribution in [2.24, 2.45) is 5.73 Å². The minimum absolute atomic E-state index is 0.0548. The molecule has 3 N–H and O–H groups in total. The quantitative estimate of drug-likeness (QED) is 0.803. The van der Waals surface area contributed by atoms with Crippen LogP contribution in [0.2, 0.25) is 0 Å². The number of carbonyl (C=O) groups excluding carboxylic acids is 2. The fourth-order valence-electron chi connectivity index (χ4n) is 2.97. The lowest BCUT2D eigenvalue weighted by molar-refractivity contribution is -0.135. The van der Waals surface area contributed by atoms with Crippen LogP contribution in [0.5, 0.6) is 0 Å². The second-order valence-electron chi connectivity index (χ2n) is 5.55. The maximum absolute atomic E-state index is 12.7. The maximum Gasteiger partial charge on any atom is 0.230 e. The van der Waals surface area contributed by atoms with Crippen LogP contribution in [0, 0.1) is 0 Å². The van der Waals surface area contributed by atoms with Crippen molar-refractivity contribution in [3.8, 4) is 0 Å². The maximum atomic E-state index is 12.7. The third kappa shape index (κ3) is 2.41. The Kier molecular flexibility index (Phi) is 3.44. The number of fused-ring (bicyclic) bond motifs is 1. The molecule has 2 aliphatic rings. The third-order valence-electron chi connectivity index (χ3n) is 4.15. The number of para-hydroxylation sites is 1. The van der Waals surface area contributed by atoms with Crippen LogP contribution in [0.25, 0.3) is 0 Å². The van der Waals surface area contributed by atoms with Crippen molar-refractivity contribution < 1.29 is 9.59 Å². The van der Waals surface area contributed by atoms with Gasteiger partial charge in [-0.3, -0.25) is 9.59 Å². The summed E-state index contributed by atoms with van der Waals surface area (Å²) in [7, 11) is 0. The number of likely N-dealkylation sites (tertiary alicyclic amines) is 1. The van der Waals surface area contributed by atoms with Crippen LogP contribution >= 0.6 is 0 Å². The van der Waals surface area contributed by atoms with E-state index in [0.717, 1.165) is 24.1 Å². The van der Waals surface area contributed by atoms with Crippen LogP contribution in [0.1, 0.15) is 30.7 Å². The lowest BCUT2D eigenvalue weighted by Crippen LogP contribution is -2.45. The highest BCUT2D eigenvalue weighted by atomic mass is 16.2. The highest BCUT2D eigenvalue weighted by Crippen LogP contribution is 2.33. The molecule has 1 aromatic rings. The monoisotopic (exact) mass is 273 g/mol. The van der Waals surface area contributed by atoms with Crippen molar-refractivity contribution >= 4 is 17.5 Å². The molecule has 5 nitrogen and oxygen atoms in total. The average molecular weight is 273 g/mol. The van der Waals surface area contributed by atoms with Gasteiger partial charge in [0.25, 0.3) is 0 Å². The number of carbonyl (C=O) groups is 2. The summed E-state index contributed by atoms with van der Waals surface area (Å²) in [6.45, 7) is 1.39. The number of nitrogens with one attached hydrogen (secondary N) is 1. The van der Waals surface area contributed by atoms with Gasteiger partial charge in [-0.05, 0) is 24.5 Å². The normalized spacial score (nSPS) is 23.1. The molecule has 2 amide bonds. The summed E-state index contributed by atoms with van der Waals surface area (Å²) >= 11 is 0. The van der Waals surface area contributed by atoms with Crippen LogP contribution < -0.4 is 11.1 Å². The lowest BCUT2D eigenvalue weighted by Gasteiger charge is -2.34. The van der Waals surface area contributed by atoms with Gasteiger partial charge in [-0.15, -0.1) is 0 Å². The van der Waals surface area contributed by atoms with E-state index in [1.54, 1.807) is 0 Å². The second kappa shape index (κ2) is 5.25. The van der Waals surface area contributed by atoms with Gasteiger partial charge in [-0.25, -0.2) is 0 Å². The lowest BCUT2D eigenvalue weighted by atomic mass is 9.88. The zero-order valence-electron chi connectivity index (χ0n) is 11.3. The van der Waals surface area contributed by atoms with Gasteiger partial charge in [0.2, 0.25) is 11.8 Å². The number of nitrogens with zero attached hydrogens (tertiary/aromatic N) is 1. The third-order valence-corrected chi connectivity index (χ3v) is 4.15. The molecule has 0 saturated carbocycles. The summed E-state index contributed by atoms with van der Waals surface area (Å²) in [4.78, 5) is 26.3. The molecule has 1 saturated heterocycles. The van der Waals surface area contributed by atoms with Crippen LogP contribution in [-0.2, 0) is 9.59 Å². The topological polar surface area (TPSA) is 75.4 Å². The molecule has 0 radical (unpaired) electrons. The minimum Gasteiger partial charge on any atom is -0.342 e. The summed E-state index contributed by atoms with van der Waals surface area (Å²) in [5.41, 5.74) is 7.56. The highest BCUT2D eigenvalue weighted by Gasteiger charge is 2.34. The molecule has 2 aliphatic heterocycles. The van der Waals surface area contributed by atoms with E-state index in [1.165, 1.54) is 0 Å². The van der Waals surface area contributed by atoms with Crippen LogP contribution in [0.15, 0.2) is 24.3 Å². The number of hydrogen-bond donors (Lipinski definition) is 2. The second-order valence-corrected chi connectivity index (χ2v) is 5.55. The zero-order chi connectivity index (χ0) is 14.1. The molecule has 1 unspecified atom stereocenters. The predicted octanol–water partition coefficient (Wildman–Crippen LogP) is 1.06. The smallest absolute Gasteiger partial charge is 0.230 e. The Morgan fingerprint density at radius 2 is 1.95 bits per heavy atom. The first-order valence-electron chi connectivity index (χ1n) is 7.08. The summed E-state index contributed by atoms with van der Waals surface area (Å²) in [6.07, 6.45) is 1.91. The fourth-order valence-corrected chi connectivity index (χ4v) is 2.97. The van der Waals surface area contributed by atoms with Crippen LogP contribution in [0.4, 0.5) is 5.69 Å². The van der Waals surface area contributed by atoms with Gasteiger partial charge in [0.1, 0.15) is 0 Å². The molecule has 1 aromatic carbocycles. The first-order valence-corrected chi connectivity index (χ1v) is 7.08. The number of amides is 2. The number of rotatable bonds is 1. The Morgan fingerprint density at radius 3 is 2.70 bits per heavy atom. The molecule has 20 heavy (non-hydrogen) atoms. The number of nitrogens with two attached hydrogens (primary N) is 1. The van der Waals surface area contributed by atoms with Gasteiger partial charge in [0.05, 0.1) is 5.92 Å². The Morgan fingerprint density at radius 1 is 1.25 bits per heavy atom. The predicted molar refractivity (Wildman–Crippen MR) is 76.2 cm³/mol. The Balaban J connectivity index is 1.83. The molecule has 1 atom stereocenters. The molecule has 1 fully saturated rings. The molecule has 5 heteroatoms. The molecular weight excluding hydrogens is 254 g/mol. The van der Waals surface area contributed by atoms with Gasteiger partial charge < -0.3 is 16.0 Å². The van der Waals surface area contributed by atoms with Crippen molar-refractivity contribution in [1.82, 2.24) is 4.90 Å². The highest BCUT2D eigenvalue weighted by molar-refractivity contribution is 6.01. The molecule has 0 aliphatic carbocycles. The van der Waals surface area contributed by atoms with Gasteiger partial charge in [-0.1, -0.05) is 18.2 Å². The SMILES string of the molecule is NC1CCN(C(=O)C2CC(=O)Nc3ccccc32)CC1. The minimum atomic E-state index is -0.353. The van der Waals surface area contributed by atoms with Gasteiger partial charge in [0.15, 0.2) is 0 Å². The van der Waals surface area contributed by atoms with Crippen molar-refractivity contribution in [3.05, 3.63) is 29.8 Å². The first kappa shape index (κ1) is 13.1. The Hall–Kier alpha value is -1.88. The summed E-state index contributed by atoms with van der Waals surface area (Å²) in [5, 5.41) is 2.83. The molecule has 0 spiro atoms. The van der Waals surface area contributed by atoms with Crippen LogP contribution in [0.3, 0.4) is 0 Å². The average Bonchev–Trinajstić information content (AvgIpc) is 2.46. The van der Waals surface area contributed by atoms with E-state index in [0.29, 0.717) is 13.1 Å². The van der Waals surface area contributed by atoms with E-state index >= 15 is 0 Å². The van der Waals surface area contributed by atoms with Crippen molar-refractivity contribution in [3.63, 3.8) is 0 Å². The summed E-state index contributed by atoms with van der Waals surface area (Å²) in [6, 6.07) is 7.74. The fraction of sp³-hybridized carbons (Fsp3) is 0.467. The van der Waals surface area contributed by atoms with Crippen molar-refractivity contribution in [2.75, 3.05) is 18.4 Å². The molecular formula is C15H19N3O2. The molecule has 106 valence electrons. The Bertz CT molecular complexity index is 536. The van der Waals surface area contributed by atoms with Crippen LogP contribution in [-0.4, -0.2) is 35.8 Å². The van der Waals surface area contributed by atoms with Gasteiger partial charge >= 0.3 is 0 Å². The molecule has 2 heterocycles. The van der Waals surface area contributed by atoms with Gasteiger partial charge in [-0.2, -0.15) is 0 Å². The Labute approximate surface area is 118 Å². The first-order chi connectivity index (χ1) is 9.65. The number of anilines is 1. The largest absolute Gasteiger partial charge is 0.342 e. The van der Waals surface area contributed by atoms with E-state index in [4.69, 9.17) is 5.73 Å². The summed E-state index contributed by atoms with van der Waals surface area (Å²) in [5.74, 6) is -0.385. The standard InChI is InChI=1S/C15H19N3O2/c16-10-5-7-18(8-6-10)15(20)12-9-14(19)17-13-4-2-1-3-11(12)13/h1-4,10,12H,5-9,16H2,(H,17,19). The van der Waals surface area contributed by atoms with Crippen molar-refractivity contribution in [2.45, 2.75) is 31.2 Å². The van der Waals surface area contributed by atoms with Crippen molar-refractivity contribution in [1.29, 1.82) is 0 Å². The number of benzene rings is 1. The molecule has 0 bridgehead atoms. The van der Waals surface area contributed by atoms with E-state index in [-0.39, 0.29) is 30.2 Å². The molecule has 0 aromatic heterocycles. The van der Waals surface area contributed by atoms with E-state index in [1.807, 2.05) is 29.2 Å².